The number of benzene rings is 3. The lowest BCUT2D eigenvalue weighted by molar-refractivity contribution is 0.324. The summed E-state index contributed by atoms with van der Waals surface area (Å²) >= 11 is 0. The third kappa shape index (κ3) is 3.33. The first-order valence-electron chi connectivity index (χ1n) is 10.1. The molecular formula is C25H22N4O3. The highest BCUT2D eigenvalue weighted by Crippen LogP contribution is 2.40. The lowest BCUT2D eigenvalue weighted by Gasteiger charge is -2.15. The van der Waals surface area contributed by atoms with Gasteiger partial charge in [0.25, 0.3) is 0 Å². The van der Waals surface area contributed by atoms with Crippen LogP contribution in [0.1, 0.15) is 0 Å². The molecule has 0 aliphatic heterocycles. The van der Waals surface area contributed by atoms with Crippen LogP contribution in [0.15, 0.2) is 73.2 Å². The molecule has 2 heterocycles. The maximum Gasteiger partial charge on any atom is 0.203 e. The number of nitrogens with zero attached hydrogens (tertiary/aromatic N) is 3. The Morgan fingerprint density at radius 3 is 2.28 bits per heavy atom. The van der Waals surface area contributed by atoms with E-state index in [1.54, 1.807) is 27.5 Å². The second-order valence-corrected chi connectivity index (χ2v) is 7.21. The smallest absolute Gasteiger partial charge is 0.203 e. The van der Waals surface area contributed by atoms with Crippen LogP contribution in [0, 0.1) is 0 Å². The Kier molecular flexibility index (Phi) is 4.99. The fourth-order valence-corrected chi connectivity index (χ4v) is 3.86. The average molecular weight is 426 g/mol. The first-order chi connectivity index (χ1) is 15.7. The Bertz CT molecular complexity index is 1400. The molecule has 160 valence electrons. The van der Waals surface area contributed by atoms with E-state index in [0.29, 0.717) is 28.7 Å². The molecular weight excluding hydrogens is 404 g/mol. The second kappa shape index (κ2) is 8.11. The topological polar surface area (TPSA) is 69.9 Å². The van der Waals surface area contributed by atoms with Crippen molar-refractivity contribution in [1.82, 2.24) is 14.4 Å². The third-order valence-electron chi connectivity index (χ3n) is 5.40. The monoisotopic (exact) mass is 426 g/mol. The van der Waals surface area contributed by atoms with Crippen LogP contribution in [-0.4, -0.2) is 35.7 Å². The molecule has 5 aromatic rings. The summed E-state index contributed by atoms with van der Waals surface area (Å²) in [5.74, 6) is 2.27. The molecule has 0 atom stereocenters. The number of hydrogen-bond acceptors (Lipinski definition) is 6. The minimum Gasteiger partial charge on any atom is -0.493 e. The number of nitrogens with one attached hydrogen (secondary N) is 1. The van der Waals surface area contributed by atoms with Crippen molar-refractivity contribution in [3.8, 4) is 28.5 Å². The van der Waals surface area contributed by atoms with E-state index >= 15 is 0 Å². The summed E-state index contributed by atoms with van der Waals surface area (Å²) in [5.41, 5.74) is 3.53. The normalized spacial score (nSPS) is 11.0. The summed E-state index contributed by atoms with van der Waals surface area (Å²) in [5, 5.41) is 5.72. The number of ether oxygens (including phenoxy) is 3. The Balaban J connectivity index is 1.56. The fourth-order valence-electron chi connectivity index (χ4n) is 3.86. The van der Waals surface area contributed by atoms with Crippen LogP contribution in [0.2, 0.25) is 0 Å². The number of methoxy groups -OCH3 is 3. The third-order valence-corrected chi connectivity index (χ3v) is 5.40. The summed E-state index contributed by atoms with van der Waals surface area (Å²) in [6.45, 7) is 0. The van der Waals surface area contributed by atoms with E-state index < -0.39 is 0 Å². The van der Waals surface area contributed by atoms with Gasteiger partial charge in [0.1, 0.15) is 0 Å². The lowest BCUT2D eigenvalue weighted by Crippen LogP contribution is -2.01. The van der Waals surface area contributed by atoms with E-state index in [0.717, 1.165) is 16.9 Å². The molecule has 2 aromatic heterocycles. The summed E-state index contributed by atoms with van der Waals surface area (Å²) in [6.07, 6.45) is 5.52. The van der Waals surface area contributed by atoms with E-state index in [9.17, 15) is 0 Å². The summed E-state index contributed by atoms with van der Waals surface area (Å²) in [4.78, 5) is 9.15. The van der Waals surface area contributed by atoms with Gasteiger partial charge in [-0.15, -0.1) is 0 Å². The van der Waals surface area contributed by atoms with Gasteiger partial charge >= 0.3 is 0 Å². The van der Waals surface area contributed by atoms with Crippen LogP contribution >= 0.6 is 0 Å². The highest BCUT2D eigenvalue weighted by Gasteiger charge is 2.16. The Hall–Kier alpha value is -4.26. The van der Waals surface area contributed by atoms with E-state index in [1.807, 2.05) is 41.1 Å². The van der Waals surface area contributed by atoms with Crippen molar-refractivity contribution in [2.75, 3.05) is 26.6 Å². The number of aromatic nitrogens is 3. The predicted octanol–water partition coefficient (Wildman–Crippen LogP) is 5.32. The van der Waals surface area contributed by atoms with E-state index in [-0.39, 0.29) is 0 Å². The van der Waals surface area contributed by atoms with E-state index in [4.69, 9.17) is 14.2 Å². The molecule has 0 aliphatic rings. The van der Waals surface area contributed by atoms with Gasteiger partial charge in [-0.05, 0) is 16.8 Å². The van der Waals surface area contributed by atoms with Crippen molar-refractivity contribution >= 4 is 27.9 Å². The van der Waals surface area contributed by atoms with Crippen molar-refractivity contribution in [2.45, 2.75) is 0 Å². The molecule has 32 heavy (non-hydrogen) atoms. The fraction of sp³-hybridized carbons (Fsp3) is 0.120. The molecule has 1 N–H and O–H groups in total. The standard InChI is InChI=1S/C25H22N4O3/c1-30-21-13-19(14-22(31-2)23(21)32-3)28-24-25-27-15-20(29(25)11-10-26-24)18-9-8-16-6-4-5-7-17(16)12-18/h4-15H,1-3H3,(H,26,28). The molecule has 5 rings (SSSR count). The van der Waals surface area contributed by atoms with Crippen molar-refractivity contribution in [3.63, 3.8) is 0 Å². The van der Waals surface area contributed by atoms with Crippen molar-refractivity contribution in [1.29, 1.82) is 0 Å². The zero-order valence-corrected chi connectivity index (χ0v) is 18.0. The van der Waals surface area contributed by atoms with Gasteiger partial charge in [-0.25, -0.2) is 9.97 Å². The molecule has 7 nitrogen and oxygen atoms in total. The molecule has 0 spiro atoms. The predicted molar refractivity (Wildman–Crippen MR) is 125 cm³/mol. The van der Waals surface area contributed by atoms with Gasteiger partial charge < -0.3 is 19.5 Å². The van der Waals surface area contributed by atoms with Gasteiger partial charge in [-0.3, -0.25) is 4.40 Å². The number of hydrogen-bond donors (Lipinski definition) is 1. The molecule has 0 unspecified atom stereocenters. The molecule has 0 saturated heterocycles. The minimum atomic E-state index is 0.533. The van der Waals surface area contributed by atoms with Gasteiger partial charge in [0.2, 0.25) is 5.75 Å². The molecule has 0 bridgehead atoms. The zero-order chi connectivity index (χ0) is 22.1. The summed E-state index contributed by atoms with van der Waals surface area (Å²) in [7, 11) is 4.75. The number of anilines is 2. The van der Waals surface area contributed by atoms with Crippen LogP contribution in [0.4, 0.5) is 11.5 Å². The highest BCUT2D eigenvalue weighted by molar-refractivity contribution is 5.87. The Morgan fingerprint density at radius 2 is 1.56 bits per heavy atom. The largest absolute Gasteiger partial charge is 0.493 e. The maximum atomic E-state index is 5.46. The first kappa shape index (κ1) is 19.7. The number of fused-ring (bicyclic) bond motifs is 2. The number of imidazole rings is 1. The first-order valence-corrected chi connectivity index (χ1v) is 10.1. The van der Waals surface area contributed by atoms with Crippen LogP contribution < -0.4 is 19.5 Å². The molecule has 0 fully saturated rings. The average Bonchev–Trinajstić information content (AvgIpc) is 3.28. The summed E-state index contributed by atoms with van der Waals surface area (Å²) in [6, 6.07) is 18.4. The maximum absolute atomic E-state index is 5.46. The van der Waals surface area contributed by atoms with Gasteiger partial charge in [0.15, 0.2) is 23.0 Å². The quantitative estimate of drug-likeness (QED) is 0.396. The zero-order valence-electron chi connectivity index (χ0n) is 18.0. The molecule has 0 amide bonds. The highest BCUT2D eigenvalue weighted by atomic mass is 16.5. The van der Waals surface area contributed by atoms with Gasteiger partial charge in [-0.2, -0.15) is 0 Å². The van der Waals surface area contributed by atoms with E-state index in [1.165, 1.54) is 10.8 Å². The second-order valence-electron chi connectivity index (χ2n) is 7.21. The lowest BCUT2D eigenvalue weighted by atomic mass is 10.1. The molecule has 0 radical (unpaired) electrons. The van der Waals surface area contributed by atoms with Crippen LogP contribution in [0.3, 0.4) is 0 Å². The Morgan fingerprint density at radius 1 is 0.812 bits per heavy atom. The van der Waals surface area contributed by atoms with Crippen molar-refractivity contribution < 1.29 is 14.2 Å². The van der Waals surface area contributed by atoms with E-state index in [2.05, 4.69) is 45.6 Å². The minimum absolute atomic E-state index is 0.533. The van der Waals surface area contributed by atoms with Crippen molar-refractivity contribution in [3.05, 3.63) is 73.2 Å². The Labute approximate surface area is 185 Å². The number of rotatable bonds is 6. The van der Waals surface area contributed by atoms with Gasteiger partial charge in [0.05, 0.1) is 33.2 Å². The molecule has 7 heteroatoms. The van der Waals surface area contributed by atoms with Gasteiger partial charge in [-0.1, -0.05) is 36.4 Å². The summed E-state index contributed by atoms with van der Waals surface area (Å²) < 4.78 is 18.3. The SMILES string of the molecule is COc1cc(Nc2nccn3c(-c4ccc5ccccc5c4)cnc23)cc(OC)c1OC. The molecule has 0 saturated carbocycles. The molecule has 3 aromatic carbocycles. The van der Waals surface area contributed by atoms with Gasteiger partial charge in [0, 0.05) is 35.8 Å². The molecule has 0 aliphatic carbocycles. The van der Waals surface area contributed by atoms with Crippen molar-refractivity contribution in [2.24, 2.45) is 0 Å². The van der Waals surface area contributed by atoms with Crippen LogP contribution in [-0.2, 0) is 0 Å². The van der Waals surface area contributed by atoms with Crippen LogP contribution in [0.25, 0.3) is 27.7 Å². The van der Waals surface area contributed by atoms with Crippen LogP contribution in [0.5, 0.6) is 17.2 Å².